The summed E-state index contributed by atoms with van der Waals surface area (Å²) in [6.07, 6.45) is 5.60. The fourth-order valence-electron chi connectivity index (χ4n) is 2.82. The average Bonchev–Trinajstić information content (AvgIpc) is 2.68. The number of aryl methyl sites for hydroxylation is 1. The van der Waals surface area contributed by atoms with Crippen LogP contribution in [0.15, 0.2) is 77.7 Å². The summed E-state index contributed by atoms with van der Waals surface area (Å²) in [5.41, 5.74) is -0.469. The topological polar surface area (TPSA) is 66.4 Å². The standard InChI is InChI=1S/C22H18FNO3S/c1-3-22(25,17-10-12-18(23)13-11-17)20-6-4-5-7-21(20)24-28(26,27)19-14-8-16(2)9-15-19/h1,4-15,24-25H,2H3. The summed E-state index contributed by atoms with van der Waals surface area (Å²) < 4.78 is 41.3. The van der Waals surface area contributed by atoms with Crippen molar-refractivity contribution in [3.8, 4) is 12.3 Å². The van der Waals surface area contributed by atoms with Crippen molar-refractivity contribution in [1.29, 1.82) is 0 Å². The first kappa shape index (κ1) is 19.6. The van der Waals surface area contributed by atoms with E-state index in [4.69, 9.17) is 6.42 Å². The summed E-state index contributed by atoms with van der Waals surface area (Å²) in [5, 5.41) is 11.1. The van der Waals surface area contributed by atoms with Gasteiger partial charge in [-0.1, -0.05) is 53.9 Å². The molecule has 1 atom stereocenters. The van der Waals surface area contributed by atoms with Crippen LogP contribution in [0.1, 0.15) is 16.7 Å². The number of terminal acetylenes is 1. The predicted octanol–water partition coefficient (Wildman–Crippen LogP) is 3.80. The van der Waals surface area contributed by atoms with E-state index in [2.05, 4.69) is 10.6 Å². The van der Waals surface area contributed by atoms with Gasteiger partial charge in [0.25, 0.3) is 10.0 Å². The normalized spacial score (nSPS) is 13.4. The van der Waals surface area contributed by atoms with Crippen LogP contribution in [0.5, 0.6) is 0 Å². The Morgan fingerprint density at radius 3 is 2.21 bits per heavy atom. The highest BCUT2D eigenvalue weighted by Gasteiger charge is 2.32. The van der Waals surface area contributed by atoms with E-state index in [1.54, 1.807) is 24.3 Å². The van der Waals surface area contributed by atoms with Crippen LogP contribution in [0, 0.1) is 25.1 Å². The minimum Gasteiger partial charge on any atom is -0.369 e. The van der Waals surface area contributed by atoms with Crippen molar-refractivity contribution < 1.29 is 17.9 Å². The first-order valence-electron chi connectivity index (χ1n) is 8.41. The molecule has 3 aromatic carbocycles. The number of nitrogens with one attached hydrogen (secondary N) is 1. The zero-order valence-corrected chi connectivity index (χ0v) is 15.9. The second kappa shape index (κ2) is 7.47. The molecule has 0 aliphatic rings. The Bertz CT molecular complexity index is 1130. The lowest BCUT2D eigenvalue weighted by Crippen LogP contribution is -2.27. The third-order valence-electron chi connectivity index (χ3n) is 4.36. The molecule has 0 radical (unpaired) electrons. The Balaban J connectivity index is 2.07. The van der Waals surface area contributed by atoms with Gasteiger partial charge in [-0.15, -0.1) is 6.42 Å². The maximum absolute atomic E-state index is 13.3. The zero-order valence-electron chi connectivity index (χ0n) is 15.1. The molecule has 0 fully saturated rings. The molecule has 0 amide bonds. The second-order valence-electron chi connectivity index (χ2n) is 6.33. The van der Waals surface area contributed by atoms with Crippen LogP contribution in [-0.2, 0) is 15.6 Å². The first-order chi connectivity index (χ1) is 13.3. The van der Waals surface area contributed by atoms with Crippen LogP contribution in [0.4, 0.5) is 10.1 Å². The predicted molar refractivity (Wildman–Crippen MR) is 107 cm³/mol. The summed E-state index contributed by atoms with van der Waals surface area (Å²) in [4.78, 5) is 0.0823. The molecule has 0 bridgehead atoms. The van der Waals surface area contributed by atoms with Gasteiger partial charge in [0, 0.05) is 11.1 Å². The molecule has 0 spiro atoms. The number of hydrogen-bond acceptors (Lipinski definition) is 3. The second-order valence-corrected chi connectivity index (χ2v) is 8.01. The maximum Gasteiger partial charge on any atom is 0.261 e. The first-order valence-corrected chi connectivity index (χ1v) is 9.90. The van der Waals surface area contributed by atoms with E-state index in [1.165, 1.54) is 48.5 Å². The molecule has 142 valence electrons. The van der Waals surface area contributed by atoms with E-state index in [9.17, 15) is 17.9 Å². The van der Waals surface area contributed by atoms with Crippen LogP contribution in [0.3, 0.4) is 0 Å². The number of aliphatic hydroxyl groups is 1. The fraction of sp³-hybridized carbons (Fsp3) is 0.0909. The SMILES string of the molecule is C#CC(O)(c1ccc(F)cc1)c1ccccc1NS(=O)(=O)c1ccc(C)cc1. The molecule has 0 aliphatic carbocycles. The molecular weight excluding hydrogens is 377 g/mol. The summed E-state index contributed by atoms with van der Waals surface area (Å²) in [5.74, 6) is 1.83. The van der Waals surface area contributed by atoms with Crippen molar-refractivity contribution in [2.45, 2.75) is 17.4 Å². The molecule has 0 aromatic heterocycles. The summed E-state index contributed by atoms with van der Waals surface area (Å²) in [6.45, 7) is 1.86. The van der Waals surface area contributed by atoms with Crippen LogP contribution in [-0.4, -0.2) is 13.5 Å². The molecule has 0 aliphatic heterocycles. The number of anilines is 1. The summed E-state index contributed by atoms with van der Waals surface area (Å²) >= 11 is 0. The van der Waals surface area contributed by atoms with E-state index < -0.39 is 21.4 Å². The van der Waals surface area contributed by atoms with Gasteiger partial charge < -0.3 is 5.11 Å². The highest BCUT2D eigenvalue weighted by molar-refractivity contribution is 7.92. The Hall–Kier alpha value is -3.14. The highest BCUT2D eigenvalue weighted by Crippen LogP contribution is 2.35. The molecule has 6 heteroatoms. The minimum absolute atomic E-state index is 0.0823. The van der Waals surface area contributed by atoms with E-state index in [1.807, 2.05) is 6.92 Å². The van der Waals surface area contributed by atoms with Gasteiger partial charge in [-0.3, -0.25) is 4.72 Å². The van der Waals surface area contributed by atoms with Crippen LogP contribution in [0.25, 0.3) is 0 Å². The molecule has 1 unspecified atom stereocenters. The highest BCUT2D eigenvalue weighted by atomic mass is 32.2. The molecule has 2 N–H and O–H groups in total. The van der Waals surface area contributed by atoms with Gasteiger partial charge in [0.2, 0.25) is 0 Å². The third-order valence-corrected chi connectivity index (χ3v) is 5.74. The lowest BCUT2D eigenvalue weighted by molar-refractivity contribution is 0.146. The van der Waals surface area contributed by atoms with E-state index in [-0.39, 0.29) is 21.7 Å². The molecule has 0 saturated carbocycles. The quantitative estimate of drug-likeness (QED) is 0.646. The Labute approximate surface area is 163 Å². The van der Waals surface area contributed by atoms with Gasteiger partial charge in [-0.25, -0.2) is 12.8 Å². The van der Waals surface area contributed by atoms with Gasteiger partial charge in [-0.2, -0.15) is 0 Å². The van der Waals surface area contributed by atoms with E-state index >= 15 is 0 Å². The van der Waals surface area contributed by atoms with Crippen molar-refractivity contribution in [2.24, 2.45) is 0 Å². The maximum atomic E-state index is 13.3. The Morgan fingerprint density at radius 2 is 1.61 bits per heavy atom. The van der Waals surface area contributed by atoms with Gasteiger partial charge in [0.15, 0.2) is 5.60 Å². The molecule has 3 rings (SSSR count). The number of benzene rings is 3. The smallest absolute Gasteiger partial charge is 0.261 e. The molecule has 4 nitrogen and oxygen atoms in total. The molecule has 0 heterocycles. The van der Waals surface area contributed by atoms with Gasteiger partial charge in [-0.05, 0) is 37.3 Å². The van der Waals surface area contributed by atoms with E-state index in [0.717, 1.165) is 5.56 Å². The molecule has 0 saturated heterocycles. The number of halogens is 1. The number of hydrogen-bond donors (Lipinski definition) is 2. The van der Waals surface area contributed by atoms with E-state index in [0.29, 0.717) is 0 Å². The average molecular weight is 395 g/mol. The Kier molecular flexibility index (Phi) is 5.23. The van der Waals surface area contributed by atoms with Crippen LogP contribution in [0.2, 0.25) is 0 Å². The summed E-state index contributed by atoms with van der Waals surface area (Å²) in [7, 11) is -3.90. The number of para-hydroxylation sites is 1. The van der Waals surface area contributed by atoms with Crippen molar-refractivity contribution in [3.05, 3.63) is 95.3 Å². The lowest BCUT2D eigenvalue weighted by Gasteiger charge is -2.26. The largest absolute Gasteiger partial charge is 0.369 e. The lowest BCUT2D eigenvalue weighted by atomic mass is 9.86. The third kappa shape index (κ3) is 3.77. The van der Waals surface area contributed by atoms with Gasteiger partial charge >= 0.3 is 0 Å². The number of sulfonamides is 1. The van der Waals surface area contributed by atoms with Crippen molar-refractivity contribution in [3.63, 3.8) is 0 Å². The minimum atomic E-state index is -3.90. The van der Waals surface area contributed by atoms with Crippen molar-refractivity contribution >= 4 is 15.7 Å². The van der Waals surface area contributed by atoms with Crippen LogP contribution < -0.4 is 4.72 Å². The van der Waals surface area contributed by atoms with Gasteiger partial charge in [0.05, 0.1) is 10.6 Å². The van der Waals surface area contributed by atoms with Gasteiger partial charge in [0.1, 0.15) is 5.82 Å². The van der Waals surface area contributed by atoms with Crippen LogP contribution >= 0.6 is 0 Å². The summed E-state index contributed by atoms with van der Waals surface area (Å²) in [6, 6.07) is 17.7. The molecular formula is C22H18FNO3S. The number of rotatable bonds is 5. The van der Waals surface area contributed by atoms with Crippen molar-refractivity contribution in [2.75, 3.05) is 4.72 Å². The molecule has 28 heavy (non-hydrogen) atoms. The van der Waals surface area contributed by atoms with Crippen molar-refractivity contribution in [1.82, 2.24) is 0 Å². The monoisotopic (exact) mass is 395 g/mol. The fourth-order valence-corrected chi connectivity index (χ4v) is 3.90. The zero-order chi connectivity index (χ0) is 20.4. The Morgan fingerprint density at radius 1 is 1.00 bits per heavy atom. The molecule has 3 aromatic rings.